The van der Waals surface area contributed by atoms with E-state index in [4.69, 9.17) is 0 Å². The zero-order chi connectivity index (χ0) is 6.10. The van der Waals surface area contributed by atoms with Crippen LogP contribution in [0, 0.1) is 0 Å². The molecule has 3 heteroatoms. The third-order valence-corrected chi connectivity index (χ3v) is 2.33. The van der Waals surface area contributed by atoms with Crippen LogP contribution < -0.4 is 4.57 Å². The highest BCUT2D eigenvalue weighted by atomic mass is 32.2. The van der Waals surface area contributed by atoms with Gasteiger partial charge in [0.15, 0.2) is 0 Å². The molecule has 1 aliphatic heterocycles. The Balaban J connectivity index is 2.54. The normalized spacial score (nSPS) is 15.6. The first-order chi connectivity index (χ1) is 4.47. The molecule has 0 saturated heterocycles. The van der Waals surface area contributed by atoms with Crippen molar-refractivity contribution in [3.05, 3.63) is 18.5 Å². The molecular formula is C6H7N2S+. The van der Waals surface area contributed by atoms with Gasteiger partial charge in [0, 0.05) is 11.8 Å². The molecule has 0 bridgehead atoms. The minimum absolute atomic E-state index is 1.12. The molecule has 1 aromatic heterocycles. The van der Waals surface area contributed by atoms with Crippen LogP contribution >= 0.6 is 11.8 Å². The molecule has 2 nitrogen and oxygen atoms in total. The molecule has 0 amide bonds. The Kier molecular flexibility index (Phi) is 1.16. The van der Waals surface area contributed by atoms with Gasteiger partial charge in [-0.25, -0.2) is 4.57 Å². The Morgan fingerprint density at radius 1 is 1.67 bits per heavy atom. The van der Waals surface area contributed by atoms with Crippen LogP contribution in [-0.4, -0.2) is 10.7 Å². The van der Waals surface area contributed by atoms with E-state index in [0.717, 1.165) is 11.7 Å². The predicted octanol–water partition coefficient (Wildman–Crippen LogP) is 0.475. The number of aromatic nitrogens is 2. The van der Waals surface area contributed by atoms with Gasteiger partial charge in [-0.15, -0.1) is 0 Å². The van der Waals surface area contributed by atoms with E-state index in [2.05, 4.69) is 15.7 Å². The Labute approximate surface area is 57.9 Å². The molecule has 0 atom stereocenters. The second-order valence-electron chi connectivity index (χ2n) is 1.94. The van der Waals surface area contributed by atoms with Crippen molar-refractivity contribution < 1.29 is 4.57 Å². The molecule has 0 fully saturated rings. The van der Waals surface area contributed by atoms with E-state index in [1.807, 2.05) is 24.0 Å². The molecule has 0 unspecified atom stereocenters. The number of fused-ring (bicyclic) bond motifs is 1. The maximum Gasteiger partial charge on any atom is 0.359 e. The van der Waals surface area contributed by atoms with Gasteiger partial charge < -0.3 is 0 Å². The first kappa shape index (κ1) is 5.23. The molecule has 46 valence electrons. The molecule has 1 aliphatic rings. The van der Waals surface area contributed by atoms with E-state index >= 15 is 0 Å². The van der Waals surface area contributed by atoms with Crippen LogP contribution in [0.5, 0.6) is 0 Å². The molecule has 0 spiro atoms. The summed E-state index contributed by atoms with van der Waals surface area (Å²) in [6.45, 7) is 1.12. The second kappa shape index (κ2) is 1.99. The third kappa shape index (κ3) is 0.812. The lowest BCUT2D eigenvalue weighted by Crippen LogP contribution is -2.32. The zero-order valence-corrected chi connectivity index (χ0v) is 5.77. The van der Waals surface area contributed by atoms with E-state index in [0.29, 0.717) is 0 Å². The van der Waals surface area contributed by atoms with Crippen molar-refractivity contribution in [1.82, 2.24) is 4.98 Å². The fraction of sp³-hybridized carbons (Fsp3) is 0.333. The van der Waals surface area contributed by atoms with E-state index < -0.39 is 0 Å². The molecule has 2 rings (SSSR count). The first-order valence-electron chi connectivity index (χ1n) is 2.94. The number of hydrogen-bond acceptors (Lipinski definition) is 2. The van der Waals surface area contributed by atoms with Crippen molar-refractivity contribution in [2.24, 2.45) is 0 Å². The van der Waals surface area contributed by atoms with E-state index in [1.54, 1.807) is 0 Å². The van der Waals surface area contributed by atoms with Crippen molar-refractivity contribution in [1.29, 1.82) is 0 Å². The lowest BCUT2D eigenvalue weighted by Gasteiger charge is -1.85. The van der Waals surface area contributed by atoms with Crippen molar-refractivity contribution in [3.63, 3.8) is 0 Å². The van der Waals surface area contributed by atoms with Crippen LogP contribution in [0.3, 0.4) is 0 Å². The summed E-state index contributed by atoms with van der Waals surface area (Å²) in [7, 11) is 0. The van der Waals surface area contributed by atoms with Crippen LogP contribution in [0.15, 0.2) is 23.6 Å². The lowest BCUT2D eigenvalue weighted by atomic mass is 10.6. The van der Waals surface area contributed by atoms with Crippen molar-refractivity contribution in [2.75, 3.05) is 5.75 Å². The van der Waals surface area contributed by atoms with Gasteiger partial charge in [0.05, 0.1) is 6.20 Å². The molecular weight excluding hydrogens is 132 g/mol. The monoisotopic (exact) mass is 139 g/mol. The van der Waals surface area contributed by atoms with Crippen LogP contribution in [0.2, 0.25) is 0 Å². The molecule has 9 heavy (non-hydrogen) atoms. The standard InChI is InChI=1S/C6H7N2S/c1-2-7-6-8(3-1)4-5-9-6/h1-3H,4-5H2/q+1. The Hall–Kier alpha value is -0.570. The summed E-state index contributed by atoms with van der Waals surface area (Å²) in [5, 5.41) is 1.15. The molecule has 2 heterocycles. The largest absolute Gasteiger partial charge is 0.359 e. The fourth-order valence-electron chi connectivity index (χ4n) is 0.913. The first-order valence-corrected chi connectivity index (χ1v) is 3.92. The Morgan fingerprint density at radius 2 is 2.67 bits per heavy atom. The highest BCUT2D eigenvalue weighted by Crippen LogP contribution is 2.14. The van der Waals surface area contributed by atoms with E-state index in [9.17, 15) is 0 Å². The minimum atomic E-state index is 1.12. The van der Waals surface area contributed by atoms with Crippen LogP contribution in [0.1, 0.15) is 0 Å². The number of hydrogen-bond donors (Lipinski definition) is 0. The summed E-state index contributed by atoms with van der Waals surface area (Å²) in [6.07, 6.45) is 3.91. The summed E-state index contributed by atoms with van der Waals surface area (Å²) in [6, 6.07) is 1.97. The Bertz CT molecular complexity index is 201. The van der Waals surface area contributed by atoms with Crippen LogP contribution in [0.4, 0.5) is 0 Å². The molecule has 0 saturated carbocycles. The number of rotatable bonds is 0. The van der Waals surface area contributed by atoms with Gasteiger partial charge in [-0.3, -0.25) is 0 Å². The number of thioether (sulfide) groups is 1. The summed E-state index contributed by atoms with van der Waals surface area (Å²) >= 11 is 1.82. The van der Waals surface area contributed by atoms with Crippen molar-refractivity contribution in [2.45, 2.75) is 11.7 Å². The maximum atomic E-state index is 4.19. The fourth-order valence-corrected chi connectivity index (χ4v) is 1.84. The third-order valence-electron chi connectivity index (χ3n) is 1.35. The van der Waals surface area contributed by atoms with Crippen molar-refractivity contribution >= 4 is 11.8 Å². The van der Waals surface area contributed by atoms with Crippen LogP contribution in [0.25, 0.3) is 0 Å². The average Bonchev–Trinajstić information content (AvgIpc) is 2.33. The van der Waals surface area contributed by atoms with E-state index in [1.165, 1.54) is 5.75 Å². The highest BCUT2D eigenvalue weighted by molar-refractivity contribution is 7.99. The second-order valence-corrected chi connectivity index (χ2v) is 3.01. The molecule has 0 radical (unpaired) electrons. The van der Waals surface area contributed by atoms with Gasteiger partial charge in [-0.2, -0.15) is 0 Å². The lowest BCUT2D eigenvalue weighted by molar-refractivity contribution is -0.727. The van der Waals surface area contributed by atoms with Gasteiger partial charge in [0.1, 0.15) is 12.7 Å². The van der Waals surface area contributed by atoms with Gasteiger partial charge in [-0.05, 0) is 16.7 Å². The summed E-state index contributed by atoms with van der Waals surface area (Å²) < 4.78 is 2.17. The van der Waals surface area contributed by atoms with Gasteiger partial charge in [0.25, 0.3) is 0 Å². The minimum Gasteiger partial charge on any atom is -0.224 e. The molecule has 1 aromatic rings. The highest BCUT2D eigenvalue weighted by Gasteiger charge is 2.17. The summed E-state index contributed by atoms with van der Waals surface area (Å²) in [5.74, 6) is 1.18. The topological polar surface area (TPSA) is 16.8 Å². The SMILES string of the molecule is c1cnc2[n+](c1)CCS2. The van der Waals surface area contributed by atoms with Gasteiger partial charge in [0.2, 0.25) is 0 Å². The molecule has 0 aliphatic carbocycles. The van der Waals surface area contributed by atoms with Crippen LogP contribution in [-0.2, 0) is 6.54 Å². The quantitative estimate of drug-likeness (QED) is 0.384. The summed E-state index contributed by atoms with van der Waals surface area (Å²) in [4.78, 5) is 4.19. The molecule has 0 aromatic carbocycles. The number of nitrogens with zero attached hydrogens (tertiary/aromatic N) is 2. The predicted molar refractivity (Wildman–Crippen MR) is 35.2 cm³/mol. The average molecular weight is 139 g/mol. The zero-order valence-electron chi connectivity index (χ0n) is 4.95. The smallest absolute Gasteiger partial charge is 0.224 e. The molecule has 0 N–H and O–H groups in total. The van der Waals surface area contributed by atoms with Gasteiger partial charge in [-0.1, -0.05) is 0 Å². The summed E-state index contributed by atoms with van der Waals surface area (Å²) in [5.41, 5.74) is 0. The van der Waals surface area contributed by atoms with Gasteiger partial charge >= 0.3 is 5.16 Å². The Morgan fingerprint density at radius 3 is 3.56 bits per heavy atom. The maximum absolute atomic E-state index is 4.19. The van der Waals surface area contributed by atoms with E-state index in [-0.39, 0.29) is 0 Å². The number of aryl methyl sites for hydroxylation is 1. The van der Waals surface area contributed by atoms with Crippen molar-refractivity contribution in [3.8, 4) is 0 Å².